The van der Waals surface area contributed by atoms with Gasteiger partial charge in [0.25, 0.3) is 0 Å². The number of nitrogens with one attached hydrogen (secondary N) is 2. The molecule has 20 heavy (non-hydrogen) atoms. The van der Waals surface area contributed by atoms with Gasteiger partial charge >= 0.3 is 0 Å². The van der Waals surface area contributed by atoms with Gasteiger partial charge in [0, 0.05) is 18.8 Å². The summed E-state index contributed by atoms with van der Waals surface area (Å²) in [7, 11) is 1.62. The molecule has 0 aliphatic rings. The van der Waals surface area contributed by atoms with Gasteiger partial charge in [0.2, 0.25) is 5.91 Å². The van der Waals surface area contributed by atoms with E-state index in [2.05, 4.69) is 24.5 Å². The van der Waals surface area contributed by atoms with Gasteiger partial charge in [-0.25, -0.2) is 0 Å². The van der Waals surface area contributed by atoms with Crippen molar-refractivity contribution in [2.45, 2.75) is 45.8 Å². The van der Waals surface area contributed by atoms with Gasteiger partial charge in [-0.1, -0.05) is 25.1 Å². The van der Waals surface area contributed by atoms with E-state index in [1.54, 1.807) is 7.11 Å². The molecule has 2 N–H and O–H groups in total. The van der Waals surface area contributed by atoms with Crippen LogP contribution in [-0.4, -0.2) is 25.2 Å². The van der Waals surface area contributed by atoms with E-state index in [0.29, 0.717) is 6.42 Å². The van der Waals surface area contributed by atoms with Crippen molar-refractivity contribution in [2.75, 3.05) is 19.0 Å². The zero-order valence-corrected chi connectivity index (χ0v) is 13.1. The van der Waals surface area contributed by atoms with E-state index < -0.39 is 5.60 Å². The quantitative estimate of drug-likeness (QED) is 0.805. The Hall–Kier alpha value is -1.39. The molecule has 0 fully saturated rings. The number of hydrogen-bond acceptors (Lipinski definition) is 3. The molecule has 0 radical (unpaired) electrons. The number of para-hydroxylation sites is 1. The topological polar surface area (TPSA) is 50.4 Å². The molecule has 4 heteroatoms. The Kier molecular flexibility index (Phi) is 6.17. The van der Waals surface area contributed by atoms with Crippen molar-refractivity contribution < 1.29 is 9.53 Å². The van der Waals surface area contributed by atoms with Crippen molar-refractivity contribution in [3.05, 3.63) is 29.8 Å². The van der Waals surface area contributed by atoms with Gasteiger partial charge in [-0.15, -0.1) is 0 Å². The molecule has 0 spiro atoms. The minimum atomic E-state index is -0.452. The van der Waals surface area contributed by atoms with Crippen LogP contribution in [0, 0.1) is 0 Å². The first-order valence-corrected chi connectivity index (χ1v) is 7.07. The molecule has 112 valence electrons. The lowest BCUT2D eigenvalue weighted by Gasteiger charge is -2.23. The van der Waals surface area contributed by atoms with Crippen LogP contribution in [0.4, 0.5) is 5.69 Å². The Morgan fingerprint density at radius 1 is 1.35 bits per heavy atom. The van der Waals surface area contributed by atoms with Crippen LogP contribution in [0.3, 0.4) is 0 Å². The molecule has 0 aromatic heterocycles. The van der Waals surface area contributed by atoms with Gasteiger partial charge in [0.1, 0.15) is 0 Å². The van der Waals surface area contributed by atoms with Gasteiger partial charge in [0.15, 0.2) is 0 Å². The first kappa shape index (κ1) is 16.7. The lowest BCUT2D eigenvalue weighted by Crippen LogP contribution is -2.30. The Labute approximate surface area is 121 Å². The molecular formula is C16H26N2O2. The van der Waals surface area contributed by atoms with E-state index >= 15 is 0 Å². The van der Waals surface area contributed by atoms with Crippen LogP contribution >= 0.6 is 0 Å². The van der Waals surface area contributed by atoms with E-state index in [1.165, 1.54) is 0 Å². The summed E-state index contributed by atoms with van der Waals surface area (Å²) in [5.74, 6) is -0.0343. The van der Waals surface area contributed by atoms with Crippen molar-refractivity contribution in [1.82, 2.24) is 5.32 Å². The highest BCUT2D eigenvalue weighted by atomic mass is 16.5. The third kappa shape index (κ3) is 4.94. The van der Waals surface area contributed by atoms with Crippen molar-refractivity contribution in [1.29, 1.82) is 0 Å². The number of carbonyl (C=O) groups is 1. The zero-order valence-electron chi connectivity index (χ0n) is 13.1. The molecule has 0 heterocycles. The fourth-order valence-corrected chi connectivity index (χ4v) is 2.06. The average molecular weight is 278 g/mol. The van der Waals surface area contributed by atoms with Crippen LogP contribution in [0.5, 0.6) is 0 Å². The average Bonchev–Trinajstić information content (AvgIpc) is 2.39. The fourth-order valence-electron chi connectivity index (χ4n) is 2.06. The Bertz CT molecular complexity index is 444. The largest absolute Gasteiger partial charge is 0.378 e. The number of hydrogen-bond donors (Lipinski definition) is 2. The van der Waals surface area contributed by atoms with Crippen molar-refractivity contribution in [3.8, 4) is 0 Å². The second-order valence-electron chi connectivity index (χ2n) is 5.56. The van der Waals surface area contributed by atoms with Crippen LogP contribution in [0.2, 0.25) is 0 Å². The van der Waals surface area contributed by atoms with Crippen LogP contribution in [-0.2, 0) is 9.53 Å². The highest BCUT2D eigenvalue weighted by Gasteiger charge is 2.21. The van der Waals surface area contributed by atoms with Gasteiger partial charge in [-0.2, -0.15) is 0 Å². The zero-order chi connectivity index (χ0) is 15.2. The second kappa shape index (κ2) is 7.41. The number of benzene rings is 1. The molecule has 0 bridgehead atoms. The highest BCUT2D eigenvalue weighted by Crippen LogP contribution is 2.23. The number of anilines is 1. The van der Waals surface area contributed by atoms with Gasteiger partial charge in [-0.05, 0) is 38.9 Å². The van der Waals surface area contributed by atoms with Gasteiger partial charge < -0.3 is 15.4 Å². The fraction of sp³-hybridized carbons (Fsp3) is 0.562. The monoisotopic (exact) mass is 278 g/mol. The summed E-state index contributed by atoms with van der Waals surface area (Å²) >= 11 is 0. The SMILES string of the molecule is CCNC(C)c1ccccc1NC(=O)CC(C)(C)OC. The first-order chi connectivity index (χ1) is 9.39. The number of carbonyl (C=O) groups excluding carboxylic acids is 1. The predicted molar refractivity (Wildman–Crippen MR) is 82.9 cm³/mol. The minimum absolute atomic E-state index is 0.0343. The second-order valence-corrected chi connectivity index (χ2v) is 5.56. The predicted octanol–water partition coefficient (Wildman–Crippen LogP) is 3.11. The van der Waals surface area contributed by atoms with Crippen LogP contribution in [0.25, 0.3) is 0 Å². The first-order valence-electron chi connectivity index (χ1n) is 7.07. The maximum absolute atomic E-state index is 12.1. The Balaban J connectivity index is 2.79. The summed E-state index contributed by atoms with van der Waals surface area (Å²) in [5.41, 5.74) is 1.50. The summed E-state index contributed by atoms with van der Waals surface area (Å²) < 4.78 is 5.29. The number of methoxy groups -OCH3 is 1. The van der Waals surface area contributed by atoms with Crippen molar-refractivity contribution in [2.24, 2.45) is 0 Å². The van der Waals surface area contributed by atoms with Crippen LogP contribution < -0.4 is 10.6 Å². The maximum atomic E-state index is 12.1. The van der Waals surface area contributed by atoms with E-state index in [1.807, 2.05) is 38.1 Å². The molecule has 0 saturated carbocycles. The summed E-state index contributed by atoms with van der Waals surface area (Å²) in [6.07, 6.45) is 0.327. The normalized spacial score (nSPS) is 13.1. The molecule has 0 saturated heterocycles. The Morgan fingerprint density at radius 3 is 2.60 bits per heavy atom. The summed E-state index contributed by atoms with van der Waals surface area (Å²) in [6.45, 7) is 8.85. The lowest BCUT2D eigenvalue weighted by molar-refractivity contribution is -0.121. The van der Waals surface area contributed by atoms with Crippen LogP contribution in [0.1, 0.15) is 45.7 Å². The number of ether oxygens (including phenoxy) is 1. The molecule has 1 unspecified atom stereocenters. The standard InChI is InChI=1S/C16H26N2O2/c1-6-17-12(2)13-9-7-8-10-14(13)18-15(19)11-16(3,4)20-5/h7-10,12,17H,6,11H2,1-5H3,(H,18,19). The third-order valence-electron chi connectivity index (χ3n) is 3.35. The molecule has 0 aliphatic heterocycles. The molecule has 4 nitrogen and oxygen atoms in total. The lowest BCUT2D eigenvalue weighted by atomic mass is 10.0. The van der Waals surface area contributed by atoms with Gasteiger partial charge in [0.05, 0.1) is 12.0 Å². The maximum Gasteiger partial charge on any atom is 0.227 e. The molecule has 0 aliphatic carbocycles. The molecule has 1 amide bonds. The summed E-state index contributed by atoms with van der Waals surface area (Å²) in [5, 5.41) is 6.34. The minimum Gasteiger partial charge on any atom is -0.378 e. The van der Waals surface area contributed by atoms with Crippen LogP contribution in [0.15, 0.2) is 24.3 Å². The third-order valence-corrected chi connectivity index (χ3v) is 3.35. The molecular weight excluding hydrogens is 252 g/mol. The summed E-state index contributed by atoms with van der Waals surface area (Å²) in [4.78, 5) is 12.1. The molecule has 1 aromatic rings. The molecule has 1 rings (SSSR count). The van der Waals surface area contributed by atoms with Gasteiger partial charge in [-0.3, -0.25) is 4.79 Å². The Morgan fingerprint density at radius 2 is 2.00 bits per heavy atom. The van der Waals surface area contributed by atoms with Crippen molar-refractivity contribution >= 4 is 11.6 Å². The number of rotatable bonds is 7. The number of amides is 1. The van der Waals surface area contributed by atoms with E-state index in [4.69, 9.17) is 4.74 Å². The van der Waals surface area contributed by atoms with E-state index in [0.717, 1.165) is 17.8 Å². The summed E-state index contributed by atoms with van der Waals surface area (Å²) in [6, 6.07) is 8.08. The highest BCUT2D eigenvalue weighted by molar-refractivity contribution is 5.92. The van der Waals surface area contributed by atoms with E-state index in [-0.39, 0.29) is 11.9 Å². The molecule has 1 atom stereocenters. The van der Waals surface area contributed by atoms with E-state index in [9.17, 15) is 4.79 Å². The van der Waals surface area contributed by atoms with Crippen molar-refractivity contribution in [3.63, 3.8) is 0 Å². The smallest absolute Gasteiger partial charge is 0.227 e. The molecule has 1 aromatic carbocycles.